The Bertz CT molecular complexity index is 276. The van der Waals surface area contributed by atoms with Gasteiger partial charge in [0.2, 0.25) is 0 Å². The molecular weight excluding hydrogens is 256 g/mol. The Kier molecular flexibility index (Phi) is 7.36. The second-order valence-corrected chi connectivity index (χ2v) is 4.15. The minimum Gasteiger partial charge on any atom is -0.317 e. The third-order valence-corrected chi connectivity index (χ3v) is 2.81. The van der Waals surface area contributed by atoms with Crippen LogP contribution in [0.5, 0.6) is 0 Å². The Morgan fingerprint density at radius 3 is 1.29 bits per heavy atom. The van der Waals surface area contributed by atoms with Crippen molar-refractivity contribution < 1.29 is 22.0 Å². The van der Waals surface area contributed by atoms with Gasteiger partial charge in [0, 0.05) is 0 Å². The number of hydrogen-bond donors (Lipinski definition) is 1. The van der Waals surface area contributed by atoms with Gasteiger partial charge >= 0.3 is 0 Å². The first-order valence-electron chi connectivity index (χ1n) is 5.07. The molecule has 1 rings (SSSR count). The normalized spacial score (nSPS) is 9.82. The van der Waals surface area contributed by atoms with Gasteiger partial charge in [0.05, 0.1) is 0 Å². The molecule has 0 aliphatic heterocycles. The number of nitrogens with one attached hydrogen (secondary N) is 1. The maximum absolute atomic E-state index is 12.4. The van der Waals surface area contributed by atoms with Crippen molar-refractivity contribution in [1.29, 1.82) is 0 Å². The predicted molar refractivity (Wildman–Crippen MR) is 58.6 cm³/mol. The zero-order valence-electron chi connectivity index (χ0n) is 9.80. The molecular formula is C10H13AlF5N. The second-order valence-electron chi connectivity index (χ2n) is 3.15. The molecule has 1 aromatic carbocycles. The molecule has 0 heterocycles. The molecule has 1 aromatic rings. The molecule has 96 valence electrons. The number of halogens is 5. The summed E-state index contributed by atoms with van der Waals surface area (Å²) in [5.41, 5.74) is 0. The number of rotatable bonds is 2. The van der Waals surface area contributed by atoms with Crippen molar-refractivity contribution in [2.24, 2.45) is 0 Å². The first-order valence-corrected chi connectivity index (χ1v) is 6.07. The van der Waals surface area contributed by atoms with E-state index >= 15 is 0 Å². The van der Waals surface area contributed by atoms with Crippen LogP contribution in [0.4, 0.5) is 22.0 Å². The van der Waals surface area contributed by atoms with Crippen LogP contribution in [0.25, 0.3) is 0 Å². The Morgan fingerprint density at radius 1 is 0.765 bits per heavy atom. The van der Waals surface area contributed by atoms with Gasteiger partial charge in [-0.05, 0) is 17.5 Å². The molecule has 0 amide bonds. The van der Waals surface area contributed by atoms with E-state index in [1.165, 1.54) is 0 Å². The van der Waals surface area contributed by atoms with Crippen LogP contribution in [0.2, 0.25) is 0 Å². The number of hydrogen-bond acceptors (Lipinski definition) is 1. The van der Waals surface area contributed by atoms with Gasteiger partial charge in [0.15, 0.2) is 29.1 Å². The molecule has 1 nitrogen and oxygen atoms in total. The van der Waals surface area contributed by atoms with E-state index in [9.17, 15) is 22.0 Å². The average Bonchev–Trinajstić information content (AvgIpc) is 2.33. The third kappa shape index (κ3) is 4.26. The Hall–Kier alpha value is -0.638. The van der Waals surface area contributed by atoms with Crippen LogP contribution in [-0.2, 0) is 0 Å². The average molecular weight is 269 g/mol. The fourth-order valence-electron chi connectivity index (χ4n) is 0.965. The topological polar surface area (TPSA) is 12.0 Å². The van der Waals surface area contributed by atoms with Gasteiger partial charge in [0.25, 0.3) is 16.3 Å². The molecule has 0 unspecified atom stereocenters. The minimum absolute atomic E-state index is 0.223. The smallest absolute Gasteiger partial charge is 0.268 e. The van der Waals surface area contributed by atoms with Crippen LogP contribution in [0.3, 0.4) is 0 Å². The molecule has 0 saturated carbocycles. The fourth-order valence-corrected chi connectivity index (χ4v) is 1.40. The predicted octanol–water partition coefficient (Wildman–Crippen LogP) is 1.26. The van der Waals surface area contributed by atoms with E-state index in [-0.39, 0.29) is 16.3 Å². The Morgan fingerprint density at radius 2 is 1.06 bits per heavy atom. The summed E-state index contributed by atoms with van der Waals surface area (Å²) in [5.74, 6) is -9.31. The summed E-state index contributed by atoms with van der Waals surface area (Å²) in [6.07, 6.45) is 0. The van der Waals surface area contributed by atoms with Crippen LogP contribution in [-0.4, -0.2) is 29.4 Å². The Labute approximate surface area is 104 Å². The number of benzene rings is 1. The minimum atomic E-state index is -2.11. The molecule has 0 radical (unpaired) electrons. The molecule has 0 aliphatic rings. The zero-order chi connectivity index (χ0) is 13.6. The zero-order valence-corrected chi connectivity index (χ0v) is 11.8. The van der Waals surface area contributed by atoms with Crippen molar-refractivity contribution in [2.75, 3.05) is 13.1 Å². The lowest BCUT2D eigenvalue weighted by Gasteiger charge is -2.02. The Balaban J connectivity index is 0.000000437. The summed E-state index contributed by atoms with van der Waals surface area (Å²) in [4.78, 5) is 0. The van der Waals surface area contributed by atoms with Gasteiger partial charge < -0.3 is 5.32 Å². The van der Waals surface area contributed by atoms with Gasteiger partial charge in [0.1, 0.15) is 0 Å². The van der Waals surface area contributed by atoms with Crippen molar-refractivity contribution in [3.63, 3.8) is 0 Å². The van der Waals surface area contributed by atoms with E-state index < -0.39 is 33.5 Å². The summed E-state index contributed by atoms with van der Waals surface area (Å²) >= 11 is -0.223. The van der Waals surface area contributed by atoms with Gasteiger partial charge in [-0.1, -0.05) is 13.8 Å². The van der Waals surface area contributed by atoms with E-state index in [0.29, 0.717) is 0 Å². The molecule has 1 N–H and O–H groups in total. The van der Waals surface area contributed by atoms with Crippen LogP contribution < -0.4 is 9.74 Å². The first kappa shape index (κ1) is 16.4. The third-order valence-electron chi connectivity index (χ3n) is 1.93. The van der Waals surface area contributed by atoms with Gasteiger partial charge in [-0.25, -0.2) is 22.0 Å². The van der Waals surface area contributed by atoms with Crippen molar-refractivity contribution in [2.45, 2.75) is 13.8 Å². The summed E-state index contributed by atoms with van der Waals surface area (Å²) in [7, 11) is 0. The lowest BCUT2D eigenvalue weighted by atomic mass is 10.3. The molecule has 0 atom stereocenters. The van der Waals surface area contributed by atoms with Gasteiger partial charge in [-0.2, -0.15) is 0 Å². The molecule has 0 fully saturated rings. The fraction of sp³-hybridized carbons (Fsp3) is 0.400. The SMILES string of the molecule is CCNCC.Fc1c(F)c(F)[c]([AlH2])c(F)c1F. The van der Waals surface area contributed by atoms with Crippen molar-refractivity contribution in [3.8, 4) is 0 Å². The van der Waals surface area contributed by atoms with Gasteiger partial charge in [-0.15, -0.1) is 0 Å². The quantitative estimate of drug-likeness (QED) is 0.369. The van der Waals surface area contributed by atoms with Crippen molar-refractivity contribution in [3.05, 3.63) is 29.1 Å². The van der Waals surface area contributed by atoms with Crippen molar-refractivity contribution in [1.82, 2.24) is 5.32 Å². The molecule has 7 heteroatoms. The highest BCUT2D eigenvalue weighted by molar-refractivity contribution is 6.32. The summed E-state index contributed by atoms with van der Waals surface area (Å²) < 4.78 is 61.0. The molecule has 0 aromatic heterocycles. The lowest BCUT2D eigenvalue weighted by molar-refractivity contribution is 0.384. The second kappa shape index (κ2) is 7.64. The van der Waals surface area contributed by atoms with E-state index in [1.54, 1.807) is 0 Å². The van der Waals surface area contributed by atoms with Crippen LogP contribution in [0.1, 0.15) is 13.8 Å². The molecule has 0 saturated heterocycles. The molecule has 17 heavy (non-hydrogen) atoms. The molecule has 0 bridgehead atoms. The van der Waals surface area contributed by atoms with E-state index in [4.69, 9.17) is 0 Å². The van der Waals surface area contributed by atoms with E-state index in [2.05, 4.69) is 19.2 Å². The monoisotopic (exact) mass is 269 g/mol. The standard InChI is InChI=1S/C6F5.C4H11N.Al.2H/c7-2-1-3(8)5(10)6(11)4(2)9;1-3-5-4-2;;;/h;5H,3-4H2,1-2H3;;;. The largest absolute Gasteiger partial charge is 0.317 e. The van der Waals surface area contributed by atoms with Crippen molar-refractivity contribution >= 4 is 20.7 Å². The highest BCUT2D eigenvalue weighted by Gasteiger charge is 2.22. The lowest BCUT2D eigenvalue weighted by Crippen LogP contribution is -2.20. The summed E-state index contributed by atoms with van der Waals surface area (Å²) in [6.45, 7) is 6.39. The molecule has 0 spiro atoms. The van der Waals surface area contributed by atoms with E-state index in [1.807, 2.05) is 0 Å². The van der Waals surface area contributed by atoms with Crippen LogP contribution in [0.15, 0.2) is 0 Å². The van der Waals surface area contributed by atoms with Gasteiger partial charge in [-0.3, -0.25) is 0 Å². The first-order chi connectivity index (χ1) is 7.88. The highest BCUT2D eigenvalue weighted by Crippen LogP contribution is 2.14. The highest BCUT2D eigenvalue weighted by atomic mass is 27.0. The maximum Gasteiger partial charge on any atom is 0.268 e. The summed E-state index contributed by atoms with van der Waals surface area (Å²) in [5, 5.41) is 3.11. The van der Waals surface area contributed by atoms with E-state index in [0.717, 1.165) is 13.1 Å². The molecule has 0 aliphatic carbocycles. The summed E-state index contributed by atoms with van der Waals surface area (Å²) in [6, 6.07) is 0. The van der Waals surface area contributed by atoms with Crippen LogP contribution in [0, 0.1) is 29.1 Å². The maximum atomic E-state index is 12.4. The van der Waals surface area contributed by atoms with Crippen LogP contribution >= 0.6 is 0 Å².